The lowest BCUT2D eigenvalue weighted by atomic mass is 9.96. The fraction of sp³-hybridized carbons (Fsp3) is 0.667. The third-order valence-electron chi connectivity index (χ3n) is 4.68. The SMILES string of the molecule is Cc1ccc(C(O)CN(C)CC2CCN(C)CC2)c(C)c1. The second kappa shape index (κ2) is 7.39. The molecule has 1 atom stereocenters. The average molecular weight is 290 g/mol. The first-order valence-electron chi connectivity index (χ1n) is 8.08. The molecule has 2 rings (SSSR count). The molecular formula is C18H30N2O. The quantitative estimate of drug-likeness (QED) is 0.903. The molecule has 0 aromatic heterocycles. The molecule has 0 aliphatic carbocycles. The second-order valence-electron chi connectivity index (χ2n) is 6.84. The zero-order chi connectivity index (χ0) is 15.4. The first kappa shape index (κ1) is 16.5. The Morgan fingerprint density at radius 2 is 1.95 bits per heavy atom. The molecule has 3 heteroatoms. The van der Waals surface area contributed by atoms with Gasteiger partial charge >= 0.3 is 0 Å². The predicted molar refractivity (Wildman–Crippen MR) is 88.6 cm³/mol. The van der Waals surface area contributed by atoms with E-state index in [0.29, 0.717) is 0 Å². The highest BCUT2D eigenvalue weighted by molar-refractivity contribution is 5.32. The van der Waals surface area contributed by atoms with Gasteiger partial charge in [0.1, 0.15) is 0 Å². The summed E-state index contributed by atoms with van der Waals surface area (Å²) in [6, 6.07) is 6.30. The van der Waals surface area contributed by atoms with Crippen molar-refractivity contribution in [2.24, 2.45) is 5.92 Å². The van der Waals surface area contributed by atoms with Gasteiger partial charge in [0.05, 0.1) is 6.10 Å². The summed E-state index contributed by atoms with van der Waals surface area (Å²) in [6.07, 6.45) is 2.17. The van der Waals surface area contributed by atoms with Crippen LogP contribution in [-0.2, 0) is 0 Å². The Kier molecular flexibility index (Phi) is 5.80. The van der Waals surface area contributed by atoms with Gasteiger partial charge in [0.2, 0.25) is 0 Å². The molecule has 1 saturated heterocycles. The summed E-state index contributed by atoms with van der Waals surface area (Å²) in [7, 11) is 4.33. The molecular weight excluding hydrogens is 260 g/mol. The van der Waals surface area contributed by atoms with Gasteiger partial charge in [-0.15, -0.1) is 0 Å². The van der Waals surface area contributed by atoms with Crippen LogP contribution in [0.3, 0.4) is 0 Å². The standard InChI is InChI=1S/C18H30N2O/c1-14-5-6-17(15(2)11-14)18(21)13-20(4)12-16-7-9-19(3)10-8-16/h5-6,11,16,18,21H,7-10,12-13H2,1-4H3. The molecule has 1 unspecified atom stereocenters. The molecule has 1 aliphatic rings. The van der Waals surface area contributed by atoms with E-state index >= 15 is 0 Å². The van der Waals surface area contributed by atoms with Crippen molar-refractivity contribution in [3.63, 3.8) is 0 Å². The van der Waals surface area contributed by atoms with E-state index in [1.807, 2.05) is 0 Å². The smallest absolute Gasteiger partial charge is 0.0919 e. The molecule has 0 amide bonds. The normalized spacial score (nSPS) is 19.1. The minimum atomic E-state index is -0.387. The van der Waals surface area contributed by atoms with Crippen LogP contribution in [0.2, 0.25) is 0 Å². The minimum absolute atomic E-state index is 0.387. The molecule has 1 N–H and O–H groups in total. The Labute approximate surface area is 129 Å². The number of nitrogens with zero attached hydrogens (tertiary/aromatic N) is 2. The molecule has 1 aliphatic heterocycles. The highest BCUT2D eigenvalue weighted by Crippen LogP contribution is 2.21. The van der Waals surface area contributed by atoms with Crippen LogP contribution in [0.4, 0.5) is 0 Å². The van der Waals surface area contributed by atoms with Gasteiger partial charge < -0.3 is 14.9 Å². The molecule has 118 valence electrons. The van der Waals surface area contributed by atoms with Crippen LogP contribution in [0.15, 0.2) is 18.2 Å². The molecule has 21 heavy (non-hydrogen) atoms. The van der Waals surface area contributed by atoms with Crippen LogP contribution < -0.4 is 0 Å². The molecule has 0 radical (unpaired) electrons. The van der Waals surface area contributed by atoms with Crippen molar-refractivity contribution >= 4 is 0 Å². The number of hydrogen-bond acceptors (Lipinski definition) is 3. The summed E-state index contributed by atoms with van der Waals surface area (Å²) in [6.45, 7) is 8.40. The van der Waals surface area contributed by atoms with Gasteiger partial charge in [-0.2, -0.15) is 0 Å². The molecule has 1 aromatic rings. The van der Waals surface area contributed by atoms with Gasteiger partial charge in [-0.05, 0) is 70.9 Å². The first-order chi connectivity index (χ1) is 9.95. The van der Waals surface area contributed by atoms with E-state index in [1.54, 1.807) is 0 Å². The van der Waals surface area contributed by atoms with Crippen molar-refractivity contribution in [1.29, 1.82) is 0 Å². The monoisotopic (exact) mass is 290 g/mol. The van der Waals surface area contributed by atoms with Gasteiger partial charge in [-0.25, -0.2) is 0 Å². The van der Waals surface area contributed by atoms with E-state index in [-0.39, 0.29) is 6.10 Å². The number of piperidine rings is 1. The lowest BCUT2D eigenvalue weighted by Crippen LogP contribution is -2.37. The molecule has 3 nitrogen and oxygen atoms in total. The zero-order valence-corrected chi connectivity index (χ0v) is 14.0. The number of hydrogen-bond donors (Lipinski definition) is 1. The lowest BCUT2D eigenvalue weighted by Gasteiger charge is -2.32. The van der Waals surface area contributed by atoms with E-state index in [4.69, 9.17) is 0 Å². The average Bonchev–Trinajstić information content (AvgIpc) is 2.41. The van der Waals surface area contributed by atoms with Crippen molar-refractivity contribution in [3.8, 4) is 0 Å². The number of aliphatic hydroxyl groups excluding tert-OH is 1. The second-order valence-corrected chi connectivity index (χ2v) is 6.84. The van der Waals surface area contributed by atoms with Crippen LogP contribution >= 0.6 is 0 Å². The Morgan fingerprint density at radius 3 is 2.57 bits per heavy atom. The summed E-state index contributed by atoms with van der Waals surface area (Å²) >= 11 is 0. The van der Waals surface area contributed by atoms with Crippen LogP contribution in [0.1, 0.15) is 35.6 Å². The third-order valence-corrected chi connectivity index (χ3v) is 4.68. The lowest BCUT2D eigenvalue weighted by molar-refractivity contribution is 0.105. The summed E-state index contributed by atoms with van der Waals surface area (Å²) in [5.41, 5.74) is 3.51. The summed E-state index contributed by atoms with van der Waals surface area (Å²) in [4.78, 5) is 4.70. The number of likely N-dealkylation sites (N-methyl/N-ethyl adjacent to an activating group) is 1. The van der Waals surface area contributed by atoms with Gasteiger partial charge in [0.15, 0.2) is 0 Å². The number of rotatable bonds is 5. The minimum Gasteiger partial charge on any atom is -0.387 e. The number of benzene rings is 1. The van der Waals surface area contributed by atoms with E-state index in [1.165, 1.54) is 37.1 Å². The highest BCUT2D eigenvalue weighted by Gasteiger charge is 2.20. The Hall–Kier alpha value is -0.900. The van der Waals surface area contributed by atoms with Crippen LogP contribution in [0, 0.1) is 19.8 Å². The maximum atomic E-state index is 10.5. The summed E-state index contributed by atoms with van der Waals surface area (Å²) < 4.78 is 0. The van der Waals surface area contributed by atoms with Crippen LogP contribution in [-0.4, -0.2) is 55.2 Å². The molecule has 0 spiro atoms. The zero-order valence-electron chi connectivity index (χ0n) is 14.0. The van der Waals surface area contributed by atoms with E-state index in [0.717, 1.165) is 24.6 Å². The third kappa shape index (κ3) is 4.80. The van der Waals surface area contributed by atoms with E-state index in [9.17, 15) is 5.11 Å². The van der Waals surface area contributed by atoms with Gasteiger partial charge in [-0.3, -0.25) is 0 Å². The van der Waals surface area contributed by atoms with Crippen molar-refractivity contribution in [2.75, 3.05) is 40.3 Å². The van der Waals surface area contributed by atoms with Crippen molar-refractivity contribution in [2.45, 2.75) is 32.8 Å². The fourth-order valence-corrected chi connectivity index (χ4v) is 3.35. The van der Waals surface area contributed by atoms with E-state index in [2.05, 4.69) is 55.9 Å². The van der Waals surface area contributed by atoms with Gasteiger partial charge in [-0.1, -0.05) is 23.8 Å². The summed E-state index contributed by atoms with van der Waals surface area (Å²) in [5.74, 6) is 0.775. The molecule has 1 aromatic carbocycles. The first-order valence-corrected chi connectivity index (χ1v) is 8.08. The fourth-order valence-electron chi connectivity index (χ4n) is 3.35. The van der Waals surface area contributed by atoms with Crippen molar-refractivity contribution < 1.29 is 5.11 Å². The Morgan fingerprint density at radius 1 is 1.29 bits per heavy atom. The Balaban J connectivity index is 1.85. The number of likely N-dealkylation sites (tertiary alicyclic amines) is 1. The van der Waals surface area contributed by atoms with E-state index < -0.39 is 0 Å². The number of aliphatic hydroxyl groups is 1. The number of aryl methyl sites for hydroxylation is 2. The molecule has 1 heterocycles. The van der Waals surface area contributed by atoms with Crippen molar-refractivity contribution in [1.82, 2.24) is 9.80 Å². The maximum Gasteiger partial charge on any atom is 0.0919 e. The molecule has 0 bridgehead atoms. The van der Waals surface area contributed by atoms with Crippen molar-refractivity contribution in [3.05, 3.63) is 34.9 Å². The molecule has 0 saturated carbocycles. The maximum absolute atomic E-state index is 10.5. The topological polar surface area (TPSA) is 26.7 Å². The highest BCUT2D eigenvalue weighted by atomic mass is 16.3. The Bertz CT molecular complexity index is 453. The van der Waals surface area contributed by atoms with Gasteiger partial charge in [0, 0.05) is 13.1 Å². The molecule has 1 fully saturated rings. The summed E-state index contributed by atoms with van der Waals surface area (Å²) in [5, 5.41) is 10.5. The van der Waals surface area contributed by atoms with Gasteiger partial charge in [0.25, 0.3) is 0 Å². The van der Waals surface area contributed by atoms with Crippen LogP contribution in [0.5, 0.6) is 0 Å². The largest absolute Gasteiger partial charge is 0.387 e. The van der Waals surface area contributed by atoms with Crippen LogP contribution in [0.25, 0.3) is 0 Å². The predicted octanol–water partition coefficient (Wildman–Crippen LogP) is 2.61.